The predicted molar refractivity (Wildman–Crippen MR) is 140 cm³/mol. The molecule has 3 aromatic rings. The SMILES string of the molecule is Cc1ccc(S(=O)(=O)N2CCCCCC2)cc1C(=O)Nc1ccc(S(=O)(=O)Nc2ccccc2)cc1. The lowest BCUT2D eigenvalue weighted by atomic mass is 10.1. The van der Waals surface area contributed by atoms with Crippen LogP contribution in [0.4, 0.5) is 11.4 Å². The first-order valence-corrected chi connectivity index (χ1v) is 14.7. The Morgan fingerprint density at radius 1 is 0.750 bits per heavy atom. The van der Waals surface area contributed by atoms with Crippen molar-refractivity contribution < 1.29 is 21.6 Å². The molecule has 36 heavy (non-hydrogen) atoms. The van der Waals surface area contributed by atoms with Crippen LogP contribution >= 0.6 is 0 Å². The highest BCUT2D eigenvalue weighted by Gasteiger charge is 2.26. The number of aryl methyl sites for hydroxylation is 1. The zero-order valence-electron chi connectivity index (χ0n) is 20.0. The second-order valence-electron chi connectivity index (χ2n) is 8.75. The van der Waals surface area contributed by atoms with E-state index < -0.39 is 26.0 Å². The van der Waals surface area contributed by atoms with Crippen LogP contribution in [0.25, 0.3) is 0 Å². The Hall–Kier alpha value is -3.21. The standard InChI is InChI=1S/C26H29N3O5S2/c1-20-11-14-24(36(33,34)29-17-7-2-3-8-18-29)19-25(20)26(30)27-21-12-15-23(16-13-21)35(31,32)28-22-9-5-4-6-10-22/h4-6,9-16,19,28H,2-3,7-8,17-18H2,1H3,(H,27,30). The number of nitrogens with zero attached hydrogens (tertiary/aromatic N) is 1. The van der Waals surface area contributed by atoms with Gasteiger partial charge in [0.05, 0.1) is 9.79 Å². The summed E-state index contributed by atoms with van der Waals surface area (Å²) in [5.41, 5.74) is 1.71. The summed E-state index contributed by atoms with van der Waals surface area (Å²) in [6.45, 7) is 2.69. The second-order valence-corrected chi connectivity index (χ2v) is 12.4. The van der Waals surface area contributed by atoms with Gasteiger partial charge in [-0.1, -0.05) is 37.1 Å². The summed E-state index contributed by atoms with van der Waals surface area (Å²) in [5, 5.41) is 2.73. The Morgan fingerprint density at radius 2 is 1.36 bits per heavy atom. The summed E-state index contributed by atoms with van der Waals surface area (Å²) >= 11 is 0. The van der Waals surface area contributed by atoms with E-state index in [1.165, 1.54) is 40.7 Å². The van der Waals surface area contributed by atoms with Crippen LogP contribution in [-0.4, -0.2) is 40.1 Å². The maximum absolute atomic E-state index is 13.2. The van der Waals surface area contributed by atoms with Gasteiger partial charge in [-0.25, -0.2) is 16.8 Å². The van der Waals surface area contributed by atoms with E-state index in [0.717, 1.165) is 25.7 Å². The molecule has 0 radical (unpaired) electrons. The Bertz CT molecular complexity index is 1430. The molecule has 1 aliphatic heterocycles. The van der Waals surface area contributed by atoms with Crippen molar-refractivity contribution in [2.75, 3.05) is 23.1 Å². The molecule has 0 unspecified atom stereocenters. The third-order valence-corrected chi connectivity index (χ3v) is 9.40. The number of amides is 1. The van der Waals surface area contributed by atoms with E-state index in [2.05, 4.69) is 10.0 Å². The molecule has 1 fully saturated rings. The van der Waals surface area contributed by atoms with E-state index in [1.54, 1.807) is 43.3 Å². The number of carbonyl (C=O) groups excluding carboxylic acids is 1. The lowest BCUT2D eigenvalue weighted by Crippen LogP contribution is -2.32. The van der Waals surface area contributed by atoms with E-state index in [1.807, 2.05) is 0 Å². The highest BCUT2D eigenvalue weighted by atomic mass is 32.2. The predicted octanol–water partition coefficient (Wildman–Crippen LogP) is 4.61. The second kappa shape index (κ2) is 10.8. The van der Waals surface area contributed by atoms with Crippen molar-refractivity contribution in [3.8, 4) is 0 Å². The molecule has 1 aliphatic rings. The zero-order valence-corrected chi connectivity index (χ0v) is 21.6. The van der Waals surface area contributed by atoms with Crippen LogP contribution in [0.2, 0.25) is 0 Å². The van der Waals surface area contributed by atoms with Crippen molar-refractivity contribution in [3.63, 3.8) is 0 Å². The van der Waals surface area contributed by atoms with Crippen molar-refractivity contribution in [2.24, 2.45) is 0 Å². The minimum Gasteiger partial charge on any atom is -0.322 e. The summed E-state index contributed by atoms with van der Waals surface area (Å²) in [4.78, 5) is 13.2. The molecule has 0 spiro atoms. The van der Waals surface area contributed by atoms with Gasteiger partial charge in [0.15, 0.2) is 0 Å². The Kier molecular flexibility index (Phi) is 7.77. The molecule has 0 aliphatic carbocycles. The van der Waals surface area contributed by atoms with Gasteiger partial charge < -0.3 is 5.32 Å². The highest BCUT2D eigenvalue weighted by Crippen LogP contribution is 2.24. The molecule has 0 atom stereocenters. The summed E-state index contributed by atoms with van der Waals surface area (Å²) in [6.07, 6.45) is 3.67. The van der Waals surface area contributed by atoms with Crippen molar-refractivity contribution in [2.45, 2.75) is 42.4 Å². The Labute approximate surface area is 212 Å². The molecular formula is C26H29N3O5S2. The number of benzene rings is 3. The zero-order chi connectivity index (χ0) is 25.8. The minimum atomic E-state index is -3.79. The third-order valence-electron chi connectivity index (χ3n) is 6.10. The maximum Gasteiger partial charge on any atom is 0.261 e. The number of carbonyl (C=O) groups is 1. The van der Waals surface area contributed by atoms with Gasteiger partial charge in [-0.05, 0) is 73.9 Å². The number of anilines is 2. The van der Waals surface area contributed by atoms with Crippen LogP contribution in [-0.2, 0) is 20.0 Å². The molecule has 4 rings (SSSR count). The average Bonchev–Trinajstić information content (AvgIpc) is 3.15. The van der Waals surface area contributed by atoms with Gasteiger partial charge in [0.1, 0.15) is 0 Å². The monoisotopic (exact) mass is 527 g/mol. The molecular weight excluding hydrogens is 498 g/mol. The Balaban J connectivity index is 1.50. The van der Waals surface area contributed by atoms with Crippen LogP contribution < -0.4 is 10.0 Å². The smallest absolute Gasteiger partial charge is 0.261 e. The largest absolute Gasteiger partial charge is 0.322 e. The fraction of sp³-hybridized carbons (Fsp3) is 0.269. The molecule has 1 heterocycles. The first-order chi connectivity index (χ1) is 17.2. The number of hydrogen-bond acceptors (Lipinski definition) is 5. The highest BCUT2D eigenvalue weighted by molar-refractivity contribution is 7.92. The van der Waals surface area contributed by atoms with Gasteiger partial charge in [0, 0.05) is 30.0 Å². The van der Waals surface area contributed by atoms with E-state index in [9.17, 15) is 21.6 Å². The van der Waals surface area contributed by atoms with Crippen LogP contribution in [0.15, 0.2) is 82.6 Å². The van der Waals surface area contributed by atoms with Gasteiger partial charge in [-0.3, -0.25) is 9.52 Å². The first kappa shape index (κ1) is 25.9. The van der Waals surface area contributed by atoms with Gasteiger partial charge in [0.25, 0.3) is 15.9 Å². The summed E-state index contributed by atoms with van der Waals surface area (Å²) in [5.74, 6) is -0.474. The quantitative estimate of drug-likeness (QED) is 0.466. The third kappa shape index (κ3) is 5.95. The van der Waals surface area contributed by atoms with E-state index >= 15 is 0 Å². The van der Waals surface area contributed by atoms with Gasteiger partial charge in [-0.15, -0.1) is 0 Å². The van der Waals surface area contributed by atoms with Gasteiger partial charge >= 0.3 is 0 Å². The van der Waals surface area contributed by atoms with E-state index in [-0.39, 0.29) is 15.4 Å². The summed E-state index contributed by atoms with van der Waals surface area (Å²) < 4.78 is 55.6. The number of rotatable bonds is 7. The fourth-order valence-electron chi connectivity index (χ4n) is 4.07. The van der Waals surface area contributed by atoms with Crippen molar-refractivity contribution in [1.29, 1.82) is 0 Å². The lowest BCUT2D eigenvalue weighted by Gasteiger charge is -2.20. The van der Waals surface area contributed by atoms with Crippen LogP contribution in [0, 0.1) is 6.92 Å². The van der Waals surface area contributed by atoms with Crippen LogP contribution in [0.5, 0.6) is 0 Å². The molecule has 1 amide bonds. The molecule has 0 aromatic heterocycles. The number of sulfonamides is 2. The van der Waals surface area contributed by atoms with Crippen molar-refractivity contribution in [1.82, 2.24) is 4.31 Å². The number of para-hydroxylation sites is 1. The molecule has 190 valence electrons. The lowest BCUT2D eigenvalue weighted by molar-refractivity contribution is 0.102. The number of nitrogens with one attached hydrogen (secondary N) is 2. The van der Waals surface area contributed by atoms with Gasteiger partial charge in [0.2, 0.25) is 10.0 Å². The van der Waals surface area contributed by atoms with Crippen molar-refractivity contribution in [3.05, 3.63) is 83.9 Å². The first-order valence-electron chi connectivity index (χ1n) is 11.8. The molecule has 1 saturated heterocycles. The van der Waals surface area contributed by atoms with Crippen LogP contribution in [0.3, 0.4) is 0 Å². The van der Waals surface area contributed by atoms with E-state index in [4.69, 9.17) is 0 Å². The topological polar surface area (TPSA) is 113 Å². The number of hydrogen-bond donors (Lipinski definition) is 2. The Morgan fingerprint density at radius 3 is 2.00 bits per heavy atom. The van der Waals surface area contributed by atoms with Crippen molar-refractivity contribution >= 4 is 37.3 Å². The van der Waals surface area contributed by atoms with E-state index in [0.29, 0.717) is 30.0 Å². The summed E-state index contributed by atoms with van der Waals surface area (Å²) in [6, 6.07) is 18.9. The molecule has 10 heteroatoms. The average molecular weight is 528 g/mol. The molecule has 3 aromatic carbocycles. The molecule has 0 bridgehead atoms. The minimum absolute atomic E-state index is 0.0473. The fourth-order valence-corrected chi connectivity index (χ4v) is 6.68. The molecule has 8 nitrogen and oxygen atoms in total. The van der Waals surface area contributed by atoms with Crippen LogP contribution in [0.1, 0.15) is 41.6 Å². The van der Waals surface area contributed by atoms with Gasteiger partial charge in [-0.2, -0.15) is 4.31 Å². The normalized spacial score (nSPS) is 15.1. The maximum atomic E-state index is 13.2. The summed E-state index contributed by atoms with van der Waals surface area (Å²) in [7, 11) is -7.49. The molecule has 0 saturated carbocycles. The molecule has 2 N–H and O–H groups in total.